The van der Waals surface area contributed by atoms with Crippen LogP contribution in [0, 0.1) is 0 Å². The van der Waals surface area contributed by atoms with Gasteiger partial charge in [0.2, 0.25) is 0 Å². The minimum Gasteiger partial charge on any atom is -0.365 e. The number of thiol groups is 1. The molecule has 8 nitrogen and oxygen atoms in total. The van der Waals surface area contributed by atoms with Crippen molar-refractivity contribution in [3.63, 3.8) is 0 Å². The topological polar surface area (TPSA) is 104 Å². The molecule has 2 heterocycles. The van der Waals surface area contributed by atoms with Crippen LogP contribution in [0.1, 0.15) is 37.4 Å². The molecule has 0 bridgehead atoms. The third-order valence-corrected chi connectivity index (χ3v) is 5.51. The predicted molar refractivity (Wildman–Crippen MR) is 105 cm³/mol. The fourth-order valence-electron chi connectivity index (χ4n) is 3.47. The number of rotatable bonds is 6. The van der Waals surface area contributed by atoms with E-state index in [1.165, 1.54) is 10.6 Å². The third kappa shape index (κ3) is 4.86. The molecule has 1 atom stereocenters. The van der Waals surface area contributed by atoms with Crippen LogP contribution >= 0.6 is 0 Å². The van der Waals surface area contributed by atoms with E-state index in [9.17, 15) is 18.0 Å². The Bertz CT molecular complexity index is 920. The second-order valence-electron chi connectivity index (χ2n) is 6.80. The van der Waals surface area contributed by atoms with Gasteiger partial charge in [0, 0.05) is 31.2 Å². The number of nitrogens with one attached hydrogen (secondary N) is 2. The predicted octanol–water partition coefficient (Wildman–Crippen LogP) is 0.916. The lowest BCUT2D eigenvalue weighted by Crippen LogP contribution is -2.43. The third-order valence-electron chi connectivity index (χ3n) is 4.87. The molecule has 1 aliphatic rings. The quantitative estimate of drug-likeness (QED) is 0.632. The summed E-state index contributed by atoms with van der Waals surface area (Å²) in [6.07, 6.45) is 1.14. The zero-order valence-corrected chi connectivity index (χ0v) is 16.0. The number of likely N-dealkylation sites (tertiary alicyclic amines) is 1. The van der Waals surface area contributed by atoms with Gasteiger partial charge in [-0.2, -0.15) is 0 Å². The van der Waals surface area contributed by atoms with Crippen molar-refractivity contribution in [3.05, 3.63) is 62.8 Å². The van der Waals surface area contributed by atoms with Gasteiger partial charge in [0.25, 0.3) is 5.56 Å². The number of aromatic nitrogens is 2. The largest absolute Gasteiger partial charge is 0.365 e. The number of H-pyrrole nitrogens is 1. The van der Waals surface area contributed by atoms with Gasteiger partial charge < -0.3 is 5.32 Å². The van der Waals surface area contributed by atoms with Crippen molar-refractivity contribution in [1.29, 1.82) is 0 Å². The van der Waals surface area contributed by atoms with E-state index >= 15 is 0 Å². The summed E-state index contributed by atoms with van der Waals surface area (Å²) in [4.78, 5) is 29.6. The van der Waals surface area contributed by atoms with Gasteiger partial charge in [0.05, 0.1) is 5.88 Å². The maximum absolute atomic E-state index is 12.5. The maximum atomic E-state index is 12.5. The van der Waals surface area contributed by atoms with Crippen LogP contribution in [0.5, 0.6) is 0 Å². The molecule has 146 valence electrons. The molecule has 2 aromatic rings. The molecule has 27 heavy (non-hydrogen) atoms. The number of nitrogens with zero attached hydrogens (tertiary/aromatic N) is 2. The van der Waals surface area contributed by atoms with E-state index in [4.69, 9.17) is 0 Å². The maximum Gasteiger partial charge on any atom is 0.330 e. The van der Waals surface area contributed by atoms with Crippen LogP contribution in [0.25, 0.3) is 0 Å². The van der Waals surface area contributed by atoms with Crippen molar-refractivity contribution in [3.8, 4) is 0 Å². The number of benzene rings is 1. The first kappa shape index (κ1) is 19.4. The van der Waals surface area contributed by atoms with Crippen LogP contribution in [0.3, 0.4) is 0 Å². The van der Waals surface area contributed by atoms with Crippen LogP contribution in [0.15, 0.2) is 46.0 Å². The van der Waals surface area contributed by atoms with Gasteiger partial charge in [-0.25, -0.2) is 13.2 Å². The summed E-state index contributed by atoms with van der Waals surface area (Å²) in [5, 5.41) is 3.15. The summed E-state index contributed by atoms with van der Waals surface area (Å²) in [5.74, 6) is 0.409. The van der Waals surface area contributed by atoms with E-state index < -0.39 is 16.4 Å². The van der Waals surface area contributed by atoms with E-state index in [1.54, 1.807) is 0 Å². The average Bonchev–Trinajstić information content (AvgIpc) is 2.63. The van der Waals surface area contributed by atoms with Crippen LogP contribution in [-0.2, 0) is 10.7 Å². The zero-order valence-electron chi connectivity index (χ0n) is 15.1. The Kier molecular flexibility index (Phi) is 6.12. The Morgan fingerprint density at radius 2 is 1.85 bits per heavy atom. The average molecular weight is 392 g/mol. The molecule has 0 saturated carbocycles. The molecule has 0 aliphatic carbocycles. The van der Waals surface area contributed by atoms with Gasteiger partial charge in [0.15, 0.2) is 10.7 Å². The molecule has 0 spiro atoms. The van der Waals surface area contributed by atoms with Gasteiger partial charge in [-0.1, -0.05) is 30.3 Å². The lowest BCUT2D eigenvalue weighted by atomic mass is 10.1. The minimum absolute atomic E-state index is 0.0214. The lowest BCUT2D eigenvalue weighted by molar-refractivity contribution is 0.206. The summed E-state index contributed by atoms with van der Waals surface area (Å²) in [5.41, 5.74) is 0.250. The Hall–Kier alpha value is -2.39. The minimum atomic E-state index is -2.46. The number of anilines is 1. The molecule has 0 radical (unpaired) electrons. The number of aromatic amines is 1. The van der Waals surface area contributed by atoms with Crippen LogP contribution in [0.4, 0.5) is 5.82 Å². The van der Waals surface area contributed by atoms with Crippen LogP contribution in [-0.4, -0.2) is 41.8 Å². The first-order valence-electron chi connectivity index (χ1n) is 8.95. The summed E-state index contributed by atoms with van der Waals surface area (Å²) < 4.78 is 22.9. The first-order chi connectivity index (χ1) is 12.9. The van der Waals surface area contributed by atoms with Gasteiger partial charge in [-0.15, -0.1) is 0 Å². The Labute approximate surface area is 158 Å². The molecular weight excluding hydrogens is 368 g/mol. The summed E-state index contributed by atoms with van der Waals surface area (Å²) >= 11 is 0. The molecule has 0 unspecified atom stereocenters. The van der Waals surface area contributed by atoms with E-state index in [0.717, 1.165) is 5.56 Å². The smallest absolute Gasteiger partial charge is 0.330 e. The number of hydrogen-bond acceptors (Lipinski definition) is 6. The highest BCUT2D eigenvalue weighted by molar-refractivity contribution is 7.72. The fourth-order valence-corrected chi connectivity index (χ4v) is 4.08. The summed E-state index contributed by atoms with van der Waals surface area (Å²) in [7, 11) is -2.46. The second-order valence-corrected chi connectivity index (χ2v) is 7.74. The van der Waals surface area contributed by atoms with E-state index in [-0.39, 0.29) is 23.5 Å². The molecule has 1 saturated heterocycles. The Balaban J connectivity index is 1.72. The standard InChI is InChI=1S/C18H24N4O4S/c1-13(14-5-3-2-4-6-14)19-16-11-17(23)22(18(24)20-16)15-7-9-21(10-8-15)12-27(25)26/h2-6,11,13,15,19,27H,7-10,12H2,1H3,(H,20,24)/t13-/m0/s1. The lowest BCUT2D eigenvalue weighted by Gasteiger charge is -2.31. The van der Waals surface area contributed by atoms with Crippen LogP contribution in [0.2, 0.25) is 0 Å². The van der Waals surface area contributed by atoms with Gasteiger partial charge in [0.1, 0.15) is 5.82 Å². The van der Waals surface area contributed by atoms with Crippen molar-refractivity contribution in [2.24, 2.45) is 0 Å². The SMILES string of the molecule is C[C@H](Nc1cc(=O)n(C2CCN(C[SH](=O)=O)CC2)c(=O)[nH]1)c1ccccc1. The van der Waals surface area contributed by atoms with Gasteiger partial charge >= 0.3 is 5.69 Å². The molecule has 1 aliphatic heterocycles. The normalized spacial score (nSPS) is 17.1. The van der Waals surface area contributed by atoms with Gasteiger partial charge in [-0.05, 0) is 25.3 Å². The molecular formula is C18H24N4O4S. The Morgan fingerprint density at radius 1 is 1.19 bits per heavy atom. The molecule has 1 aromatic carbocycles. The monoisotopic (exact) mass is 392 g/mol. The highest BCUT2D eigenvalue weighted by Gasteiger charge is 2.23. The van der Waals surface area contributed by atoms with Crippen molar-refractivity contribution >= 4 is 16.5 Å². The molecule has 3 rings (SSSR count). The van der Waals surface area contributed by atoms with E-state index in [0.29, 0.717) is 31.7 Å². The van der Waals surface area contributed by atoms with E-state index in [2.05, 4.69) is 10.3 Å². The Morgan fingerprint density at radius 3 is 2.44 bits per heavy atom. The van der Waals surface area contributed by atoms with Gasteiger partial charge in [-0.3, -0.25) is 19.2 Å². The van der Waals surface area contributed by atoms with Crippen molar-refractivity contribution in [2.45, 2.75) is 31.8 Å². The summed E-state index contributed by atoms with van der Waals surface area (Å²) in [6.45, 7) is 3.05. The fraction of sp³-hybridized carbons (Fsp3) is 0.444. The van der Waals surface area contributed by atoms with Crippen molar-refractivity contribution in [1.82, 2.24) is 14.5 Å². The van der Waals surface area contributed by atoms with Crippen LogP contribution < -0.4 is 16.6 Å². The molecule has 1 fully saturated rings. The molecule has 1 aromatic heterocycles. The van der Waals surface area contributed by atoms with Crippen molar-refractivity contribution < 1.29 is 8.42 Å². The summed E-state index contributed by atoms with van der Waals surface area (Å²) in [6, 6.07) is 10.9. The molecule has 2 N–H and O–H groups in total. The molecule has 9 heteroatoms. The van der Waals surface area contributed by atoms with Crippen molar-refractivity contribution in [2.75, 3.05) is 24.3 Å². The highest BCUT2D eigenvalue weighted by atomic mass is 32.2. The zero-order chi connectivity index (χ0) is 19.4. The second kappa shape index (κ2) is 8.53. The molecule has 0 amide bonds. The first-order valence-corrected chi connectivity index (χ1v) is 10.3. The van der Waals surface area contributed by atoms with E-state index in [1.807, 2.05) is 42.2 Å². The number of hydrogen-bond donors (Lipinski definition) is 3. The highest BCUT2D eigenvalue weighted by Crippen LogP contribution is 2.20. The number of piperidine rings is 1.